The fraction of sp³-hybridized carbons (Fsp3) is 0.364. The third-order valence-electron chi connectivity index (χ3n) is 5.84. The summed E-state index contributed by atoms with van der Waals surface area (Å²) in [5.74, 6) is -1.53. The van der Waals surface area contributed by atoms with Gasteiger partial charge in [0, 0.05) is 31.0 Å². The zero-order valence-electron chi connectivity index (χ0n) is 17.4. The second-order valence-corrected chi connectivity index (χ2v) is 8.59. The number of allylic oxidation sites excluding steroid dienone is 2. The van der Waals surface area contributed by atoms with E-state index >= 15 is 0 Å². The number of hydrogen-bond acceptors (Lipinski definition) is 5. The van der Waals surface area contributed by atoms with Gasteiger partial charge in [0.15, 0.2) is 0 Å². The number of aromatic hydroxyl groups is 1. The Balaban J connectivity index is 1.39. The third kappa shape index (κ3) is 4.34. The van der Waals surface area contributed by atoms with Crippen molar-refractivity contribution in [3.63, 3.8) is 0 Å². The minimum Gasteiger partial charge on any atom is -0.507 e. The summed E-state index contributed by atoms with van der Waals surface area (Å²) in [6, 6.07) is 1.80. The number of piperidine rings is 1. The smallest absolute Gasteiger partial charge is 0.315 e. The van der Waals surface area contributed by atoms with Crippen molar-refractivity contribution in [2.24, 2.45) is 0 Å². The Morgan fingerprint density at radius 2 is 2.09 bits per heavy atom. The lowest BCUT2D eigenvalue weighted by molar-refractivity contribution is -0.136. The summed E-state index contributed by atoms with van der Waals surface area (Å²) in [7, 11) is 0. The highest BCUT2D eigenvalue weighted by atomic mass is 35.5. The molecule has 0 aromatic heterocycles. The molecule has 3 aliphatic rings. The van der Waals surface area contributed by atoms with E-state index in [1.54, 1.807) is 6.07 Å². The molecule has 0 saturated carbocycles. The molecule has 2 atom stereocenters. The summed E-state index contributed by atoms with van der Waals surface area (Å²) in [5.41, 5.74) is 2.30. The van der Waals surface area contributed by atoms with Gasteiger partial charge >= 0.3 is 6.03 Å². The summed E-state index contributed by atoms with van der Waals surface area (Å²) in [6.45, 7) is 2.19. The van der Waals surface area contributed by atoms with E-state index in [9.17, 15) is 24.3 Å². The van der Waals surface area contributed by atoms with Crippen LogP contribution in [-0.4, -0.2) is 45.8 Å². The molecule has 2 aliphatic heterocycles. The van der Waals surface area contributed by atoms with E-state index in [-0.39, 0.29) is 55.2 Å². The molecule has 9 nitrogen and oxygen atoms in total. The summed E-state index contributed by atoms with van der Waals surface area (Å²) >= 11 is 6.14. The van der Waals surface area contributed by atoms with Crippen molar-refractivity contribution in [3.8, 4) is 5.75 Å². The highest BCUT2D eigenvalue weighted by Crippen LogP contribution is 2.34. The number of halogens is 1. The summed E-state index contributed by atoms with van der Waals surface area (Å²) < 4.78 is 0. The minimum atomic E-state index is -0.757. The fourth-order valence-electron chi connectivity index (χ4n) is 4.13. The minimum absolute atomic E-state index is 0.137. The molecule has 0 radical (unpaired) electrons. The SMILES string of the molecule is CC1=C(Cl)CC(NC(=O)NCc2cc(O)c3c(c2)CN(C2CCC(=O)NC2=O)C3=O)C=C1. The van der Waals surface area contributed by atoms with Crippen LogP contribution < -0.4 is 16.0 Å². The Morgan fingerprint density at radius 1 is 1.31 bits per heavy atom. The molecule has 5 amide bonds. The van der Waals surface area contributed by atoms with E-state index in [0.29, 0.717) is 22.6 Å². The molecule has 1 fully saturated rings. The Labute approximate surface area is 189 Å². The van der Waals surface area contributed by atoms with Crippen molar-refractivity contribution in [1.82, 2.24) is 20.9 Å². The number of urea groups is 1. The molecule has 4 N–H and O–H groups in total. The first-order valence-corrected chi connectivity index (χ1v) is 10.7. The number of fused-ring (bicyclic) bond motifs is 1. The quantitative estimate of drug-likeness (QED) is 0.511. The molecular weight excluding hydrogens is 436 g/mol. The number of benzene rings is 1. The van der Waals surface area contributed by atoms with Crippen LogP contribution in [0, 0.1) is 0 Å². The average Bonchev–Trinajstić information content (AvgIpc) is 3.06. The van der Waals surface area contributed by atoms with Crippen LogP contribution in [0.25, 0.3) is 0 Å². The molecule has 2 heterocycles. The van der Waals surface area contributed by atoms with Crippen molar-refractivity contribution >= 4 is 35.4 Å². The van der Waals surface area contributed by atoms with Gasteiger partial charge in [0.05, 0.1) is 11.6 Å². The number of rotatable bonds is 4. The molecule has 0 bridgehead atoms. The van der Waals surface area contributed by atoms with Crippen molar-refractivity contribution in [2.45, 2.75) is 51.4 Å². The number of carbonyl (C=O) groups excluding carboxylic acids is 4. The van der Waals surface area contributed by atoms with Gasteiger partial charge in [-0.3, -0.25) is 19.7 Å². The van der Waals surface area contributed by atoms with Crippen LogP contribution in [0.15, 0.2) is 34.9 Å². The summed E-state index contributed by atoms with van der Waals surface area (Å²) in [5, 5.41) is 18.9. The predicted octanol–water partition coefficient (Wildman–Crippen LogP) is 1.79. The summed E-state index contributed by atoms with van der Waals surface area (Å²) in [4.78, 5) is 50.0. The van der Waals surface area contributed by atoms with Crippen LogP contribution in [0.1, 0.15) is 47.7 Å². The molecule has 1 aliphatic carbocycles. The molecule has 2 unspecified atom stereocenters. The van der Waals surface area contributed by atoms with Crippen LogP contribution in [0.4, 0.5) is 4.79 Å². The van der Waals surface area contributed by atoms with Gasteiger partial charge in [-0.05, 0) is 36.1 Å². The maximum Gasteiger partial charge on any atom is 0.315 e. The maximum atomic E-state index is 12.8. The number of hydrogen-bond donors (Lipinski definition) is 4. The molecule has 4 rings (SSSR count). The van der Waals surface area contributed by atoms with Crippen LogP contribution in [0.5, 0.6) is 5.75 Å². The van der Waals surface area contributed by atoms with Gasteiger partial charge in [-0.25, -0.2) is 4.79 Å². The second-order valence-electron chi connectivity index (χ2n) is 8.13. The van der Waals surface area contributed by atoms with Gasteiger partial charge < -0.3 is 20.6 Å². The number of imide groups is 1. The molecule has 1 aromatic carbocycles. The molecule has 10 heteroatoms. The van der Waals surface area contributed by atoms with Gasteiger partial charge in [0.25, 0.3) is 5.91 Å². The Hall–Kier alpha value is -3.33. The van der Waals surface area contributed by atoms with Crippen molar-refractivity contribution in [1.29, 1.82) is 0 Å². The number of carbonyl (C=O) groups is 4. The van der Waals surface area contributed by atoms with Crippen molar-refractivity contribution < 1.29 is 24.3 Å². The van der Waals surface area contributed by atoms with E-state index in [1.807, 2.05) is 19.1 Å². The predicted molar refractivity (Wildman–Crippen MR) is 116 cm³/mol. The number of phenolic OH excluding ortho intramolecular Hbond substituents is 1. The number of phenols is 1. The van der Waals surface area contributed by atoms with Gasteiger partial charge in [0.2, 0.25) is 11.8 Å². The Kier molecular flexibility index (Phi) is 5.92. The average molecular weight is 459 g/mol. The second kappa shape index (κ2) is 8.66. The van der Waals surface area contributed by atoms with Crippen molar-refractivity contribution in [2.75, 3.05) is 0 Å². The fourth-order valence-corrected chi connectivity index (χ4v) is 4.36. The molecule has 1 saturated heterocycles. The molecule has 168 valence electrons. The monoisotopic (exact) mass is 458 g/mol. The highest BCUT2D eigenvalue weighted by molar-refractivity contribution is 6.30. The first-order valence-electron chi connectivity index (χ1n) is 10.3. The van der Waals surface area contributed by atoms with Crippen LogP contribution in [-0.2, 0) is 22.7 Å². The molecule has 0 spiro atoms. The van der Waals surface area contributed by atoms with E-state index < -0.39 is 17.9 Å². The van der Waals surface area contributed by atoms with Gasteiger partial charge in [-0.1, -0.05) is 29.8 Å². The lowest BCUT2D eigenvalue weighted by atomic mass is 10.0. The Morgan fingerprint density at radius 3 is 2.81 bits per heavy atom. The van der Waals surface area contributed by atoms with Gasteiger partial charge in [0.1, 0.15) is 11.8 Å². The van der Waals surface area contributed by atoms with E-state index in [1.165, 1.54) is 11.0 Å². The third-order valence-corrected chi connectivity index (χ3v) is 6.29. The molecular formula is C22H23ClN4O5. The first kappa shape index (κ1) is 21.9. The topological polar surface area (TPSA) is 128 Å². The van der Waals surface area contributed by atoms with Crippen LogP contribution in [0.3, 0.4) is 0 Å². The molecule has 1 aromatic rings. The van der Waals surface area contributed by atoms with Crippen molar-refractivity contribution in [3.05, 3.63) is 51.6 Å². The summed E-state index contributed by atoms with van der Waals surface area (Å²) in [6.07, 6.45) is 4.66. The van der Waals surface area contributed by atoms with Crippen LogP contribution >= 0.6 is 11.6 Å². The number of amides is 5. The zero-order chi connectivity index (χ0) is 23.0. The van der Waals surface area contributed by atoms with E-state index in [4.69, 9.17) is 11.6 Å². The molecule has 32 heavy (non-hydrogen) atoms. The van der Waals surface area contributed by atoms with Gasteiger partial charge in [-0.15, -0.1) is 0 Å². The Bertz CT molecular complexity index is 1080. The van der Waals surface area contributed by atoms with Gasteiger partial charge in [-0.2, -0.15) is 0 Å². The van der Waals surface area contributed by atoms with E-state index in [0.717, 1.165) is 5.57 Å². The lowest BCUT2D eigenvalue weighted by Crippen LogP contribution is -2.52. The van der Waals surface area contributed by atoms with E-state index in [2.05, 4.69) is 16.0 Å². The lowest BCUT2D eigenvalue weighted by Gasteiger charge is -2.29. The normalized spacial score (nSPS) is 22.7. The largest absolute Gasteiger partial charge is 0.507 e. The van der Waals surface area contributed by atoms with Crippen LogP contribution in [0.2, 0.25) is 0 Å². The zero-order valence-corrected chi connectivity index (χ0v) is 18.2. The standard InChI is InChI=1S/C22H23ClN4O5/c1-11-2-3-14(8-15(11)23)25-22(32)24-9-12-6-13-10-27(21(31)19(13)17(28)7-12)16-4-5-18(29)26-20(16)30/h2-3,6-7,14,16,28H,4-5,8-10H2,1H3,(H2,24,25,32)(H,26,29,30). The number of nitrogens with zero attached hydrogens (tertiary/aromatic N) is 1. The number of nitrogens with one attached hydrogen (secondary N) is 3. The first-order chi connectivity index (χ1) is 15.2. The maximum absolute atomic E-state index is 12.8. The highest BCUT2D eigenvalue weighted by Gasteiger charge is 2.40.